The van der Waals surface area contributed by atoms with Gasteiger partial charge in [0.15, 0.2) is 0 Å². The highest BCUT2D eigenvalue weighted by Gasteiger charge is 2.11. The van der Waals surface area contributed by atoms with Crippen LogP contribution in [0.25, 0.3) is 0 Å². The Bertz CT molecular complexity index is 846. The smallest absolute Gasteiger partial charge is 0.337 e. The van der Waals surface area contributed by atoms with E-state index in [-0.39, 0.29) is 23.9 Å². The molecule has 0 radical (unpaired) electrons. The standard InChI is InChI=1S/C17H13FN2O4/c18-14-3-1-2-11(6-14)7-15-13(10-24-20-15)9-23-16-5-4-12(8-19-16)17(21)22/h1-6,8,10H,7,9H2,(H,21,22). The Morgan fingerprint density at radius 3 is 2.88 bits per heavy atom. The number of pyridine rings is 1. The van der Waals surface area contributed by atoms with Crippen LogP contribution in [0.4, 0.5) is 4.39 Å². The average Bonchev–Trinajstić information content (AvgIpc) is 3.00. The zero-order valence-electron chi connectivity index (χ0n) is 12.5. The maximum absolute atomic E-state index is 13.2. The van der Waals surface area contributed by atoms with Crippen molar-refractivity contribution >= 4 is 5.97 Å². The van der Waals surface area contributed by atoms with Gasteiger partial charge in [-0.15, -0.1) is 0 Å². The van der Waals surface area contributed by atoms with Crippen molar-refractivity contribution in [2.45, 2.75) is 13.0 Å². The van der Waals surface area contributed by atoms with Crippen LogP contribution in [0.2, 0.25) is 0 Å². The van der Waals surface area contributed by atoms with E-state index >= 15 is 0 Å². The lowest BCUT2D eigenvalue weighted by atomic mass is 10.1. The molecule has 0 saturated heterocycles. The van der Waals surface area contributed by atoms with Crippen LogP contribution in [0, 0.1) is 5.82 Å². The first-order chi connectivity index (χ1) is 11.6. The second kappa shape index (κ2) is 6.91. The Kier molecular flexibility index (Phi) is 4.51. The van der Waals surface area contributed by atoms with Crippen LogP contribution >= 0.6 is 0 Å². The molecular formula is C17H13FN2O4. The van der Waals surface area contributed by atoms with Gasteiger partial charge in [-0.1, -0.05) is 17.3 Å². The third-order valence-electron chi connectivity index (χ3n) is 3.35. The van der Waals surface area contributed by atoms with Gasteiger partial charge in [0.25, 0.3) is 0 Å². The molecule has 0 aliphatic rings. The molecule has 6 nitrogen and oxygen atoms in total. The van der Waals surface area contributed by atoms with E-state index in [0.29, 0.717) is 17.7 Å². The minimum absolute atomic E-state index is 0.0825. The number of aromatic carboxylic acids is 1. The second-order valence-corrected chi connectivity index (χ2v) is 5.07. The minimum Gasteiger partial charge on any atom is -0.478 e. The molecule has 2 heterocycles. The molecule has 7 heteroatoms. The molecule has 0 amide bonds. The Morgan fingerprint density at radius 1 is 1.29 bits per heavy atom. The summed E-state index contributed by atoms with van der Waals surface area (Å²) in [5.74, 6) is -1.07. The van der Waals surface area contributed by atoms with E-state index in [9.17, 15) is 9.18 Å². The summed E-state index contributed by atoms with van der Waals surface area (Å²) in [4.78, 5) is 14.7. The van der Waals surface area contributed by atoms with Gasteiger partial charge in [-0.25, -0.2) is 14.2 Å². The lowest BCUT2D eigenvalue weighted by molar-refractivity contribution is 0.0696. The lowest BCUT2D eigenvalue weighted by Gasteiger charge is -2.05. The van der Waals surface area contributed by atoms with Crippen molar-refractivity contribution in [3.63, 3.8) is 0 Å². The van der Waals surface area contributed by atoms with E-state index in [1.54, 1.807) is 12.1 Å². The number of carboxylic acids is 1. The van der Waals surface area contributed by atoms with Crippen molar-refractivity contribution in [3.8, 4) is 5.88 Å². The van der Waals surface area contributed by atoms with Crippen molar-refractivity contribution in [1.29, 1.82) is 0 Å². The fraction of sp³-hybridized carbons (Fsp3) is 0.118. The lowest BCUT2D eigenvalue weighted by Crippen LogP contribution is -2.02. The molecule has 1 N–H and O–H groups in total. The monoisotopic (exact) mass is 328 g/mol. The molecule has 0 saturated carbocycles. The van der Waals surface area contributed by atoms with Crippen LogP contribution in [0.15, 0.2) is 53.4 Å². The first-order valence-electron chi connectivity index (χ1n) is 7.10. The van der Waals surface area contributed by atoms with Crippen molar-refractivity contribution < 1.29 is 23.6 Å². The molecule has 1 aromatic carbocycles. The summed E-state index contributed by atoms with van der Waals surface area (Å²) in [7, 11) is 0. The summed E-state index contributed by atoms with van der Waals surface area (Å²) in [5, 5.41) is 12.7. The fourth-order valence-corrected chi connectivity index (χ4v) is 2.13. The van der Waals surface area contributed by atoms with Crippen molar-refractivity contribution in [3.05, 3.63) is 77.1 Å². The number of carboxylic acid groups (broad SMARTS) is 1. The van der Waals surface area contributed by atoms with E-state index in [1.807, 2.05) is 0 Å². The molecule has 2 aromatic heterocycles. The molecule has 0 spiro atoms. The third kappa shape index (κ3) is 3.75. The largest absolute Gasteiger partial charge is 0.478 e. The van der Waals surface area contributed by atoms with Gasteiger partial charge in [-0.2, -0.15) is 0 Å². The van der Waals surface area contributed by atoms with E-state index in [0.717, 1.165) is 5.56 Å². The summed E-state index contributed by atoms with van der Waals surface area (Å²) in [6.07, 6.45) is 3.09. The molecule has 3 aromatic rings. The van der Waals surface area contributed by atoms with Gasteiger partial charge in [0.05, 0.1) is 16.8 Å². The van der Waals surface area contributed by atoms with Crippen LogP contribution in [0.5, 0.6) is 5.88 Å². The Labute approximate surface area is 136 Å². The number of hydrogen-bond acceptors (Lipinski definition) is 5. The summed E-state index contributed by atoms with van der Waals surface area (Å²) >= 11 is 0. The number of carbonyl (C=O) groups is 1. The van der Waals surface area contributed by atoms with Gasteiger partial charge in [-0.05, 0) is 23.8 Å². The highest BCUT2D eigenvalue weighted by molar-refractivity contribution is 5.87. The molecule has 0 unspecified atom stereocenters. The van der Waals surface area contributed by atoms with Crippen LogP contribution in [0.3, 0.4) is 0 Å². The first-order valence-corrected chi connectivity index (χ1v) is 7.10. The molecule has 122 valence electrons. The van der Waals surface area contributed by atoms with Crippen LogP contribution in [0.1, 0.15) is 27.2 Å². The second-order valence-electron chi connectivity index (χ2n) is 5.07. The number of rotatable bonds is 6. The number of hydrogen-bond donors (Lipinski definition) is 1. The number of nitrogens with zero attached hydrogens (tertiary/aromatic N) is 2. The number of ether oxygens (including phenoxy) is 1. The highest BCUT2D eigenvalue weighted by atomic mass is 19.1. The predicted molar refractivity (Wildman–Crippen MR) is 81.2 cm³/mol. The number of halogens is 1. The molecule has 0 fully saturated rings. The zero-order chi connectivity index (χ0) is 16.9. The molecule has 24 heavy (non-hydrogen) atoms. The van der Waals surface area contributed by atoms with E-state index in [1.165, 1.54) is 36.7 Å². The van der Waals surface area contributed by atoms with Crippen molar-refractivity contribution in [2.75, 3.05) is 0 Å². The molecular weight excluding hydrogens is 315 g/mol. The van der Waals surface area contributed by atoms with Crippen molar-refractivity contribution in [1.82, 2.24) is 10.1 Å². The van der Waals surface area contributed by atoms with Gasteiger partial charge in [0, 0.05) is 18.7 Å². The van der Waals surface area contributed by atoms with Gasteiger partial charge in [0.2, 0.25) is 5.88 Å². The summed E-state index contributed by atoms with van der Waals surface area (Å²) in [5.41, 5.74) is 2.21. The maximum Gasteiger partial charge on any atom is 0.337 e. The van der Waals surface area contributed by atoms with Gasteiger partial charge < -0.3 is 14.4 Å². The van der Waals surface area contributed by atoms with E-state index < -0.39 is 5.97 Å². The fourth-order valence-electron chi connectivity index (χ4n) is 2.13. The van der Waals surface area contributed by atoms with E-state index in [2.05, 4.69) is 10.1 Å². The minimum atomic E-state index is -1.05. The van der Waals surface area contributed by atoms with Crippen molar-refractivity contribution in [2.24, 2.45) is 0 Å². The summed E-state index contributed by atoms with van der Waals surface area (Å²) in [6, 6.07) is 9.13. The Hall–Kier alpha value is -3.22. The Morgan fingerprint density at radius 2 is 2.17 bits per heavy atom. The third-order valence-corrected chi connectivity index (χ3v) is 3.35. The maximum atomic E-state index is 13.2. The van der Waals surface area contributed by atoms with Crippen LogP contribution < -0.4 is 4.74 Å². The Balaban J connectivity index is 1.66. The highest BCUT2D eigenvalue weighted by Crippen LogP contribution is 2.16. The quantitative estimate of drug-likeness (QED) is 0.748. The SMILES string of the molecule is O=C(O)c1ccc(OCc2conc2Cc2cccc(F)c2)nc1. The van der Waals surface area contributed by atoms with E-state index in [4.69, 9.17) is 14.4 Å². The summed E-state index contributed by atoms with van der Waals surface area (Å²) < 4.78 is 23.7. The normalized spacial score (nSPS) is 10.5. The number of aromatic nitrogens is 2. The van der Waals surface area contributed by atoms with Gasteiger partial charge in [0.1, 0.15) is 18.7 Å². The van der Waals surface area contributed by atoms with Crippen LogP contribution in [-0.2, 0) is 13.0 Å². The zero-order valence-corrected chi connectivity index (χ0v) is 12.5. The molecule has 0 atom stereocenters. The van der Waals surface area contributed by atoms with Gasteiger partial charge >= 0.3 is 5.97 Å². The molecule has 0 bridgehead atoms. The molecule has 0 aliphatic carbocycles. The molecule has 3 rings (SSSR count). The first kappa shape index (κ1) is 15.7. The average molecular weight is 328 g/mol. The van der Waals surface area contributed by atoms with Crippen LogP contribution in [-0.4, -0.2) is 21.2 Å². The predicted octanol–water partition coefficient (Wildman–Crippen LogP) is 3.08. The molecule has 0 aliphatic heterocycles. The van der Waals surface area contributed by atoms with Gasteiger partial charge in [-0.3, -0.25) is 0 Å². The summed E-state index contributed by atoms with van der Waals surface area (Å²) in [6.45, 7) is 0.160. The number of benzene rings is 1. The topological polar surface area (TPSA) is 85.5 Å².